The van der Waals surface area contributed by atoms with Gasteiger partial charge in [0.05, 0.1) is 17.4 Å². The lowest BCUT2D eigenvalue weighted by Crippen LogP contribution is -2.15. The van der Waals surface area contributed by atoms with Gasteiger partial charge < -0.3 is 5.32 Å². The van der Waals surface area contributed by atoms with E-state index in [0.717, 1.165) is 17.1 Å². The zero-order chi connectivity index (χ0) is 11.7. The summed E-state index contributed by atoms with van der Waals surface area (Å²) in [7, 11) is 0. The molecule has 1 N–H and O–H groups in total. The Bertz CT molecular complexity index is 521. The minimum absolute atomic E-state index is 0.632. The molecule has 17 heavy (non-hydrogen) atoms. The van der Waals surface area contributed by atoms with Gasteiger partial charge in [0.15, 0.2) is 0 Å². The van der Waals surface area contributed by atoms with E-state index in [-0.39, 0.29) is 0 Å². The number of rotatable bonds is 2. The summed E-state index contributed by atoms with van der Waals surface area (Å²) in [6, 6.07) is 11.1. The molecule has 2 unspecified atom stereocenters. The van der Waals surface area contributed by atoms with Gasteiger partial charge >= 0.3 is 0 Å². The van der Waals surface area contributed by atoms with Gasteiger partial charge in [0.1, 0.15) is 0 Å². The second-order valence-electron chi connectivity index (χ2n) is 5.18. The van der Waals surface area contributed by atoms with Crippen LogP contribution >= 0.6 is 0 Å². The third kappa shape index (κ3) is 2.26. The van der Waals surface area contributed by atoms with Gasteiger partial charge in [0, 0.05) is 11.4 Å². The quantitative estimate of drug-likeness (QED) is 0.841. The number of nitrogens with one attached hydrogen (secondary N) is 1. The van der Waals surface area contributed by atoms with Crippen LogP contribution in [0.3, 0.4) is 0 Å². The Hall–Kier alpha value is -1.57. The third-order valence-corrected chi connectivity index (χ3v) is 3.66. The number of para-hydroxylation sites is 1. The highest BCUT2D eigenvalue weighted by Crippen LogP contribution is 2.28. The van der Waals surface area contributed by atoms with Crippen LogP contribution in [0.1, 0.15) is 26.2 Å². The largest absolute Gasteiger partial charge is 0.381 e. The monoisotopic (exact) mass is 226 g/mol. The molecule has 88 valence electrons. The normalized spacial score (nSPS) is 24.1. The van der Waals surface area contributed by atoms with Crippen LogP contribution in [0.2, 0.25) is 0 Å². The van der Waals surface area contributed by atoms with E-state index in [0.29, 0.717) is 6.04 Å². The Balaban J connectivity index is 1.81. The summed E-state index contributed by atoms with van der Waals surface area (Å²) in [5, 5.41) is 4.81. The number of fused-ring (bicyclic) bond motifs is 1. The van der Waals surface area contributed by atoms with Gasteiger partial charge in [-0.3, -0.25) is 4.98 Å². The molecule has 2 heteroatoms. The molecule has 0 amide bonds. The molecule has 1 aliphatic carbocycles. The van der Waals surface area contributed by atoms with Crippen LogP contribution in [0.15, 0.2) is 36.5 Å². The third-order valence-electron chi connectivity index (χ3n) is 3.66. The highest BCUT2D eigenvalue weighted by molar-refractivity contribution is 5.81. The molecule has 2 atom stereocenters. The van der Waals surface area contributed by atoms with Crippen molar-refractivity contribution in [1.29, 1.82) is 0 Å². The number of benzene rings is 1. The first-order valence-electron chi connectivity index (χ1n) is 6.42. The molecule has 0 spiro atoms. The number of aromatic nitrogens is 1. The number of hydrogen-bond donors (Lipinski definition) is 1. The highest BCUT2D eigenvalue weighted by Gasteiger charge is 2.20. The summed E-state index contributed by atoms with van der Waals surface area (Å²) >= 11 is 0. The van der Waals surface area contributed by atoms with E-state index in [4.69, 9.17) is 0 Å². The van der Waals surface area contributed by atoms with Gasteiger partial charge in [-0.1, -0.05) is 25.1 Å². The van der Waals surface area contributed by atoms with E-state index in [2.05, 4.69) is 41.5 Å². The number of nitrogens with zero attached hydrogens (tertiary/aromatic N) is 1. The Kier molecular flexibility index (Phi) is 2.71. The van der Waals surface area contributed by atoms with E-state index in [1.54, 1.807) is 0 Å². The number of anilines is 1. The summed E-state index contributed by atoms with van der Waals surface area (Å²) in [5.74, 6) is 0.862. The molecule has 0 saturated heterocycles. The summed E-state index contributed by atoms with van der Waals surface area (Å²) in [4.78, 5) is 4.48. The van der Waals surface area contributed by atoms with E-state index < -0.39 is 0 Å². The van der Waals surface area contributed by atoms with Crippen molar-refractivity contribution >= 4 is 16.6 Å². The van der Waals surface area contributed by atoms with Crippen molar-refractivity contribution in [1.82, 2.24) is 4.98 Å². The van der Waals surface area contributed by atoms with Crippen molar-refractivity contribution in [2.24, 2.45) is 5.92 Å². The Morgan fingerprint density at radius 2 is 2.12 bits per heavy atom. The molecule has 1 heterocycles. The van der Waals surface area contributed by atoms with Crippen LogP contribution in [0.4, 0.5) is 5.69 Å². The lowest BCUT2D eigenvalue weighted by Gasteiger charge is -2.14. The van der Waals surface area contributed by atoms with E-state index >= 15 is 0 Å². The van der Waals surface area contributed by atoms with Crippen molar-refractivity contribution in [3.8, 4) is 0 Å². The van der Waals surface area contributed by atoms with Crippen molar-refractivity contribution in [2.75, 3.05) is 5.32 Å². The average molecular weight is 226 g/mol. The van der Waals surface area contributed by atoms with Gasteiger partial charge in [-0.15, -0.1) is 0 Å². The number of pyridine rings is 1. The summed E-state index contributed by atoms with van der Waals surface area (Å²) in [6.45, 7) is 2.33. The van der Waals surface area contributed by atoms with Gasteiger partial charge in [0.2, 0.25) is 0 Å². The predicted molar refractivity (Wildman–Crippen MR) is 72.2 cm³/mol. The second kappa shape index (κ2) is 4.36. The lowest BCUT2D eigenvalue weighted by molar-refractivity contribution is 0.602. The molecule has 1 fully saturated rings. The van der Waals surface area contributed by atoms with Crippen LogP contribution in [0.5, 0.6) is 0 Å². The molecule has 0 radical (unpaired) electrons. The molecule has 1 aromatic carbocycles. The molecule has 1 aromatic heterocycles. The van der Waals surface area contributed by atoms with E-state index in [1.807, 2.05) is 12.3 Å². The smallest absolute Gasteiger partial charge is 0.0703 e. The Morgan fingerprint density at radius 3 is 2.94 bits per heavy atom. The van der Waals surface area contributed by atoms with Crippen LogP contribution in [-0.4, -0.2) is 11.0 Å². The molecule has 0 aliphatic heterocycles. The SMILES string of the molecule is CC1CCC(Nc2cnc3ccccc3c2)C1. The second-order valence-corrected chi connectivity index (χ2v) is 5.18. The zero-order valence-corrected chi connectivity index (χ0v) is 10.2. The summed E-state index contributed by atoms with van der Waals surface area (Å²) in [5.41, 5.74) is 2.22. The Morgan fingerprint density at radius 1 is 1.24 bits per heavy atom. The van der Waals surface area contributed by atoms with Gasteiger partial charge in [0.25, 0.3) is 0 Å². The molecule has 0 bridgehead atoms. The first-order valence-corrected chi connectivity index (χ1v) is 6.42. The maximum absolute atomic E-state index is 4.48. The minimum Gasteiger partial charge on any atom is -0.381 e. The van der Waals surface area contributed by atoms with E-state index in [1.165, 1.54) is 24.6 Å². The minimum atomic E-state index is 0.632. The fraction of sp³-hybridized carbons (Fsp3) is 0.400. The summed E-state index contributed by atoms with van der Waals surface area (Å²) in [6.07, 6.45) is 5.87. The highest BCUT2D eigenvalue weighted by atomic mass is 14.9. The van der Waals surface area contributed by atoms with Crippen molar-refractivity contribution < 1.29 is 0 Å². The van der Waals surface area contributed by atoms with Gasteiger partial charge in [-0.25, -0.2) is 0 Å². The predicted octanol–water partition coefficient (Wildman–Crippen LogP) is 3.84. The van der Waals surface area contributed by atoms with E-state index in [9.17, 15) is 0 Å². The van der Waals surface area contributed by atoms with Gasteiger partial charge in [-0.2, -0.15) is 0 Å². The van der Waals surface area contributed by atoms with Crippen LogP contribution < -0.4 is 5.32 Å². The molecule has 2 aromatic rings. The van der Waals surface area contributed by atoms with Crippen LogP contribution in [0.25, 0.3) is 10.9 Å². The summed E-state index contributed by atoms with van der Waals surface area (Å²) < 4.78 is 0. The maximum atomic E-state index is 4.48. The number of hydrogen-bond acceptors (Lipinski definition) is 2. The maximum Gasteiger partial charge on any atom is 0.0703 e. The fourth-order valence-corrected chi connectivity index (χ4v) is 2.72. The molecule has 2 nitrogen and oxygen atoms in total. The van der Waals surface area contributed by atoms with Gasteiger partial charge in [-0.05, 0) is 37.3 Å². The standard InChI is InChI=1S/C15H18N2/c1-11-6-7-13(8-11)17-14-9-12-4-2-3-5-15(12)16-10-14/h2-5,9-11,13,17H,6-8H2,1H3. The first-order chi connectivity index (χ1) is 8.31. The Labute approximate surface area is 102 Å². The fourth-order valence-electron chi connectivity index (χ4n) is 2.72. The van der Waals surface area contributed by atoms with Crippen molar-refractivity contribution in [3.63, 3.8) is 0 Å². The molecule has 1 saturated carbocycles. The molecular formula is C15H18N2. The average Bonchev–Trinajstić information content (AvgIpc) is 2.75. The molecule has 1 aliphatic rings. The van der Waals surface area contributed by atoms with Crippen LogP contribution in [-0.2, 0) is 0 Å². The van der Waals surface area contributed by atoms with Crippen LogP contribution in [0, 0.1) is 5.92 Å². The topological polar surface area (TPSA) is 24.9 Å². The lowest BCUT2D eigenvalue weighted by atomic mass is 10.1. The first kappa shape index (κ1) is 10.6. The van der Waals surface area contributed by atoms with Crippen molar-refractivity contribution in [2.45, 2.75) is 32.2 Å². The molecule has 3 rings (SSSR count). The zero-order valence-electron chi connectivity index (χ0n) is 10.2. The molecular weight excluding hydrogens is 208 g/mol. The van der Waals surface area contributed by atoms with Crippen molar-refractivity contribution in [3.05, 3.63) is 36.5 Å².